The van der Waals surface area contributed by atoms with Gasteiger partial charge in [-0.15, -0.1) is 0 Å². The Morgan fingerprint density at radius 1 is 1.29 bits per heavy atom. The van der Waals surface area contributed by atoms with Crippen LogP contribution in [0.15, 0.2) is 30.3 Å². The molecule has 3 unspecified atom stereocenters. The summed E-state index contributed by atoms with van der Waals surface area (Å²) in [4.78, 5) is 12.1. The summed E-state index contributed by atoms with van der Waals surface area (Å²) in [5.74, 6) is 1.40. The van der Waals surface area contributed by atoms with E-state index < -0.39 is 6.09 Å². The lowest BCUT2D eigenvalue weighted by Crippen LogP contribution is -2.39. The van der Waals surface area contributed by atoms with Gasteiger partial charge >= 0.3 is 6.09 Å². The van der Waals surface area contributed by atoms with Crippen molar-refractivity contribution in [3.63, 3.8) is 0 Å². The van der Waals surface area contributed by atoms with Crippen LogP contribution in [0.1, 0.15) is 40.0 Å². The second kappa shape index (κ2) is 6.94. The van der Waals surface area contributed by atoms with Crippen molar-refractivity contribution in [2.45, 2.75) is 46.1 Å². The van der Waals surface area contributed by atoms with Gasteiger partial charge < -0.3 is 4.74 Å². The van der Waals surface area contributed by atoms with Crippen LogP contribution >= 0.6 is 0 Å². The van der Waals surface area contributed by atoms with Crippen molar-refractivity contribution in [3.8, 4) is 0 Å². The molecule has 116 valence electrons. The van der Waals surface area contributed by atoms with E-state index in [1.807, 2.05) is 6.07 Å². The van der Waals surface area contributed by atoms with Crippen molar-refractivity contribution < 1.29 is 14.7 Å². The molecule has 0 radical (unpaired) electrons. The van der Waals surface area contributed by atoms with Crippen molar-refractivity contribution >= 4 is 11.8 Å². The van der Waals surface area contributed by atoms with Gasteiger partial charge in [0.1, 0.15) is 6.10 Å². The molecule has 0 spiro atoms. The highest BCUT2D eigenvalue weighted by molar-refractivity contribution is 5.84. The summed E-state index contributed by atoms with van der Waals surface area (Å²) >= 11 is 0. The van der Waals surface area contributed by atoms with E-state index in [4.69, 9.17) is 4.74 Å². The van der Waals surface area contributed by atoms with Crippen LogP contribution in [0.5, 0.6) is 0 Å². The third-order valence-electron chi connectivity index (χ3n) is 4.39. The summed E-state index contributed by atoms with van der Waals surface area (Å²) in [6.07, 6.45) is 2.33. The number of hydrogen-bond acceptors (Lipinski definition) is 3. The average molecular weight is 291 g/mol. The third kappa shape index (κ3) is 3.97. The highest BCUT2D eigenvalue weighted by Gasteiger charge is 2.34. The largest absolute Gasteiger partial charge is 0.444 e. The first-order valence-corrected chi connectivity index (χ1v) is 7.73. The van der Waals surface area contributed by atoms with Crippen molar-refractivity contribution in [3.05, 3.63) is 30.3 Å². The Morgan fingerprint density at radius 2 is 1.95 bits per heavy atom. The SMILES string of the molecule is CC1CCC(C(C)C)C(OC(=O)N(O)c2ccccc2)C1. The number of benzene rings is 1. The highest BCUT2D eigenvalue weighted by Crippen LogP contribution is 2.35. The number of carbonyl (C=O) groups is 1. The van der Waals surface area contributed by atoms with Crippen molar-refractivity contribution in [1.82, 2.24) is 0 Å². The van der Waals surface area contributed by atoms with Crippen molar-refractivity contribution in [2.75, 3.05) is 5.06 Å². The van der Waals surface area contributed by atoms with E-state index in [1.54, 1.807) is 24.3 Å². The monoisotopic (exact) mass is 291 g/mol. The number of ether oxygens (including phenoxy) is 1. The molecule has 3 atom stereocenters. The molecular formula is C17H25NO3. The number of hydrogen-bond donors (Lipinski definition) is 1. The van der Waals surface area contributed by atoms with E-state index in [0.29, 0.717) is 28.5 Å². The summed E-state index contributed by atoms with van der Waals surface area (Å²) in [6, 6.07) is 8.71. The number of rotatable bonds is 3. The molecule has 0 saturated heterocycles. The molecule has 1 saturated carbocycles. The molecule has 21 heavy (non-hydrogen) atoms. The summed E-state index contributed by atoms with van der Waals surface area (Å²) in [6.45, 7) is 6.51. The van der Waals surface area contributed by atoms with Crippen LogP contribution in [0.4, 0.5) is 10.5 Å². The second-order valence-corrected chi connectivity index (χ2v) is 6.40. The minimum Gasteiger partial charge on any atom is -0.444 e. The Hall–Kier alpha value is -1.55. The van der Waals surface area contributed by atoms with Gasteiger partial charge in [-0.1, -0.05) is 45.4 Å². The number of para-hydroxylation sites is 1. The first kappa shape index (κ1) is 15.8. The van der Waals surface area contributed by atoms with Gasteiger partial charge in [0, 0.05) is 0 Å². The highest BCUT2D eigenvalue weighted by atomic mass is 16.6. The molecule has 4 nitrogen and oxygen atoms in total. The lowest BCUT2D eigenvalue weighted by atomic mass is 9.75. The first-order chi connectivity index (χ1) is 9.99. The van der Waals surface area contributed by atoms with E-state index >= 15 is 0 Å². The molecule has 1 aliphatic rings. The molecule has 0 bridgehead atoms. The van der Waals surface area contributed by atoms with Crippen LogP contribution < -0.4 is 5.06 Å². The molecule has 0 aliphatic heterocycles. The summed E-state index contributed by atoms with van der Waals surface area (Å²) in [7, 11) is 0. The van der Waals surface area contributed by atoms with Crippen molar-refractivity contribution in [2.24, 2.45) is 17.8 Å². The molecule has 2 rings (SSSR count). The van der Waals surface area contributed by atoms with E-state index in [-0.39, 0.29) is 6.10 Å². The van der Waals surface area contributed by atoms with Gasteiger partial charge in [-0.2, -0.15) is 5.06 Å². The van der Waals surface area contributed by atoms with Gasteiger partial charge in [-0.25, -0.2) is 4.79 Å². The zero-order valence-corrected chi connectivity index (χ0v) is 13.0. The minimum atomic E-state index is -0.689. The second-order valence-electron chi connectivity index (χ2n) is 6.40. The Bertz CT molecular complexity index is 460. The molecule has 1 aliphatic carbocycles. The lowest BCUT2D eigenvalue weighted by molar-refractivity contribution is 0.000246. The van der Waals surface area contributed by atoms with Crippen molar-refractivity contribution in [1.29, 1.82) is 0 Å². The van der Waals surface area contributed by atoms with E-state index in [1.165, 1.54) is 6.42 Å². The molecule has 0 heterocycles. The number of anilines is 1. The van der Waals surface area contributed by atoms with Crippen LogP contribution in [0, 0.1) is 17.8 Å². The maximum Gasteiger partial charge on any atom is 0.438 e. The molecule has 1 aromatic rings. The summed E-state index contributed by atoms with van der Waals surface area (Å²) < 4.78 is 5.59. The zero-order valence-electron chi connectivity index (χ0n) is 13.0. The Morgan fingerprint density at radius 3 is 2.57 bits per heavy atom. The number of carbonyl (C=O) groups excluding carboxylic acids is 1. The first-order valence-electron chi connectivity index (χ1n) is 7.73. The molecule has 1 fully saturated rings. The molecular weight excluding hydrogens is 266 g/mol. The molecule has 1 amide bonds. The zero-order chi connectivity index (χ0) is 15.4. The van der Waals surface area contributed by atoms with Crippen LogP contribution in [0.2, 0.25) is 0 Å². The van der Waals surface area contributed by atoms with Gasteiger partial charge in [0.15, 0.2) is 0 Å². The number of amides is 1. The minimum absolute atomic E-state index is 0.111. The third-order valence-corrected chi connectivity index (χ3v) is 4.39. The fraction of sp³-hybridized carbons (Fsp3) is 0.588. The summed E-state index contributed by atoms with van der Waals surface area (Å²) in [5, 5.41) is 10.6. The fourth-order valence-electron chi connectivity index (χ4n) is 3.10. The molecule has 0 aromatic heterocycles. The predicted octanol–water partition coefficient (Wildman–Crippen LogP) is 4.48. The van der Waals surface area contributed by atoms with Gasteiger partial charge in [0.05, 0.1) is 5.69 Å². The van der Waals surface area contributed by atoms with Crippen LogP contribution in [0.25, 0.3) is 0 Å². The van der Waals surface area contributed by atoms with Gasteiger partial charge in [-0.05, 0) is 42.7 Å². The molecule has 4 heteroatoms. The topological polar surface area (TPSA) is 49.8 Å². The predicted molar refractivity (Wildman–Crippen MR) is 82.3 cm³/mol. The van der Waals surface area contributed by atoms with Crippen LogP contribution in [0.3, 0.4) is 0 Å². The fourth-order valence-corrected chi connectivity index (χ4v) is 3.10. The smallest absolute Gasteiger partial charge is 0.438 e. The quantitative estimate of drug-likeness (QED) is 0.660. The lowest BCUT2D eigenvalue weighted by Gasteiger charge is -2.37. The molecule has 1 N–H and O–H groups in total. The van der Waals surface area contributed by atoms with Crippen LogP contribution in [-0.4, -0.2) is 17.4 Å². The average Bonchev–Trinajstić information content (AvgIpc) is 2.47. The normalized spacial score (nSPS) is 25.7. The Labute approximate surface area is 126 Å². The van der Waals surface area contributed by atoms with E-state index in [2.05, 4.69) is 20.8 Å². The number of hydroxylamine groups is 1. The Kier molecular flexibility index (Phi) is 5.23. The standard InChI is InChI=1S/C17H25NO3/c1-12(2)15-10-9-13(3)11-16(15)21-17(19)18(20)14-7-5-4-6-8-14/h4-8,12-13,15-16,20H,9-11H2,1-3H3. The number of nitrogens with zero attached hydrogens (tertiary/aromatic N) is 1. The van der Waals surface area contributed by atoms with E-state index in [0.717, 1.165) is 12.8 Å². The van der Waals surface area contributed by atoms with Gasteiger partial charge in [0.2, 0.25) is 0 Å². The van der Waals surface area contributed by atoms with Gasteiger partial charge in [0.25, 0.3) is 0 Å². The van der Waals surface area contributed by atoms with E-state index in [9.17, 15) is 10.0 Å². The maximum absolute atomic E-state index is 12.1. The maximum atomic E-state index is 12.1. The molecule has 1 aromatic carbocycles. The Balaban J connectivity index is 2.02. The van der Waals surface area contributed by atoms with Crippen LogP contribution in [-0.2, 0) is 4.74 Å². The van der Waals surface area contributed by atoms with Gasteiger partial charge in [-0.3, -0.25) is 5.21 Å². The summed E-state index contributed by atoms with van der Waals surface area (Å²) in [5.41, 5.74) is 0.424.